The van der Waals surface area contributed by atoms with Gasteiger partial charge in [0.25, 0.3) is 0 Å². The first-order valence-corrected chi connectivity index (χ1v) is 7.01. The molecule has 2 aromatic heterocycles. The fraction of sp³-hybridized carbons (Fsp3) is 0.200. The maximum absolute atomic E-state index is 5.88. The van der Waals surface area contributed by atoms with Gasteiger partial charge in [0.2, 0.25) is 0 Å². The van der Waals surface area contributed by atoms with E-state index in [2.05, 4.69) is 39.5 Å². The van der Waals surface area contributed by atoms with Crippen LogP contribution in [0, 0.1) is 3.57 Å². The molecule has 0 bridgehead atoms. The number of rotatable bonds is 2. The first-order valence-electron chi connectivity index (χ1n) is 4.68. The summed E-state index contributed by atoms with van der Waals surface area (Å²) < 4.78 is 0.937. The number of nitrogen functional groups attached to an aromatic ring is 1. The fourth-order valence-electron chi connectivity index (χ4n) is 1.29. The molecule has 84 valence electrons. The molecule has 0 radical (unpaired) electrons. The molecule has 0 aromatic carbocycles. The largest absolute Gasteiger partial charge is 0.383 e. The van der Waals surface area contributed by atoms with Gasteiger partial charge in [0.05, 0.1) is 19.2 Å². The maximum atomic E-state index is 5.88. The summed E-state index contributed by atoms with van der Waals surface area (Å²) in [7, 11) is 0. The molecule has 16 heavy (non-hydrogen) atoms. The van der Waals surface area contributed by atoms with Crippen molar-refractivity contribution in [2.45, 2.75) is 13.3 Å². The zero-order valence-electron chi connectivity index (χ0n) is 8.50. The Kier molecular flexibility index (Phi) is 3.66. The Hall–Kier alpha value is -0.400. The van der Waals surface area contributed by atoms with Crippen molar-refractivity contribution in [1.82, 2.24) is 9.97 Å². The lowest BCUT2D eigenvalue weighted by molar-refractivity contribution is 0.996. The second-order valence-corrected chi connectivity index (χ2v) is 5.60. The van der Waals surface area contributed by atoms with Gasteiger partial charge < -0.3 is 5.73 Å². The van der Waals surface area contributed by atoms with E-state index in [0.717, 1.165) is 20.6 Å². The molecule has 0 aliphatic carbocycles. The molecule has 2 N–H and O–H groups in total. The summed E-state index contributed by atoms with van der Waals surface area (Å²) in [5.41, 5.74) is 6.83. The van der Waals surface area contributed by atoms with Gasteiger partial charge in [-0.15, -0.1) is 11.3 Å². The molecule has 0 spiro atoms. The van der Waals surface area contributed by atoms with E-state index in [-0.39, 0.29) is 0 Å². The minimum Gasteiger partial charge on any atom is -0.383 e. The second-order valence-electron chi connectivity index (χ2n) is 3.18. The molecule has 0 aliphatic rings. The van der Waals surface area contributed by atoms with Gasteiger partial charge in [-0.05, 0) is 35.1 Å². The Morgan fingerprint density at radius 2 is 2.25 bits per heavy atom. The number of anilines is 1. The zero-order valence-corrected chi connectivity index (χ0v) is 12.2. The number of nitrogens with zero attached hydrogens (tertiary/aromatic N) is 2. The third-order valence-corrected chi connectivity index (χ3v) is 4.52. The molecule has 0 aliphatic heterocycles. The van der Waals surface area contributed by atoms with Crippen molar-refractivity contribution < 1.29 is 0 Å². The van der Waals surface area contributed by atoms with Gasteiger partial charge in [0.15, 0.2) is 5.82 Å². The topological polar surface area (TPSA) is 51.8 Å². The first kappa shape index (κ1) is 12.1. The lowest BCUT2D eigenvalue weighted by Crippen LogP contribution is -2.03. The minimum absolute atomic E-state index is 0.534. The average Bonchev–Trinajstić information content (AvgIpc) is 2.69. The van der Waals surface area contributed by atoms with E-state index in [1.807, 2.05) is 11.4 Å². The SMILES string of the molecule is CCc1nc(-c2cc(Cl)cs2)nc(N)c1I. The molecule has 0 unspecified atom stereocenters. The predicted octanol–water partition coefficient (Wildman–Crippen LogP) is 3.61. The van der Waals surface area contributed by atoms with Crippen molar-refractivity contribution in [3.05, 3.63) is 25.7 Å². The average molecular weight is 366 g/mol. The summed E-state index contributed by atoms with van der Waals surface area (Å²) in [6.45, 7) is 2.05. The summed E-state index contributed by atoms with van der Waals surface area (Å²) in [4.78, 5) is 9.71. The van der Waals surface area contributed by atoms with Crippen molar-refractivity contribution in [2.75, 3.05) is 5.73 Å². The van der Waals surface area contributed by atoms with Crippen molar-refractivity contribution in [3.8, 4) is 10.7 Å². The fourth-order valence-corrected chi connectivity index (χ4v) is 2.92. The highest BCUT2D eigenvalue weighted by Gasteiger charge is 2.11. The van der Waals surface area contributed by atoms with Crippen molar-refractivity contribution in [1.29, 1.82) is 0 Å². The number of nitrogens with two attached hydrogens (primary N) is 1. The molecule has 2 rings (SSSR count). The van der Waals surface area contributed by atoms with E-state index in [1.165, 1.54) is 11.3 Å². The van der Waals surface area contributed by atoms with E-state index < -0.39 is 0 Å². The lowest BCUT2D eigenvalue weighted by Gasteiger charge is -2.05. The van der Waals surface area contributed by atoms with Gasteiger partial charge in [-0.3, -0.25) is 0 Å². The van der Waals surface area contributed by atoms with E-state index in [1.54, 1.807) is 0 Å². The van der Waals surface area contributed by atoms with Crippen LogP contribution in [-0.2, 0) is 6.42 Å². The zero-order chi connectivity index (χ0) is 11.7. The van der Waals surface area contributed by atoms with Gasteiger partial charge >= 0.3 is 0 Å². The third-order valence-electron chi connectivity index (χ3n) is 2.07. The van der Waals surface area contributed by atoms with Crippen LogP contribution in [0.1, 0.15) is 12.6 Å². The van der Waals surface area contributed by atoms with Gasteiger partial charge in [0.1, 0.15) is 5.82 Å². The Morgan fingerprint density at radius 1 is 1.50 bits per heavy atom. The molecular formula is C10H9ClIN3S. The van der Waals surface area contributed by atoms with Crippen LogP contribution in [-0.4, -0.2) is 9.97 Å². The van der Waals surface area contributed by atoms with Gasteiger partial charge in [-0.1, -0.05) is 18.5 Å². The Morgan fingerprint density at radius 3 is 2.81 bits per heavy atom. The highest BCUT2D eigenvalue weighted by Crippen LogP contribution is 2.29. The second kappa shape index (κ2) is 4.85. The molecule has 0 fully saturated rings. The summed E-state index contributed by atoms with van der Waals surface area (Å²) >= 11 is 9.57. The number of aryl methyl sites for hydroxylation is 1. The van der Waals surface area contributed by atoms with Crippen molar-refractivity contribution >= 4 is 51.3 Å². The predicted molar refractivity (Wildman–Crippen MR) is 76.9 cm³/mol. The molecule has 0 saturated heterocycles. The van der Waals surface area contributed by atoms with Crippen LogP contribution in [0.4, 0.5) is 5.82 Å². The van der Waals surface area contributed by atoms with Crippen LogP contribution < -0.4 is 5.73 Å². The number of aromatic nitrogens is 2. The highest BCUT2D eigenvalue weighted by atomic mass is 127. The highest BCUT2D eigenvalue weighted by molar-refractivity contribution is 14.1. The third kappa shape index (κ3) is 2.31. The van der Waals surface area contributed by atoms with E-state index >= 15 is 0 Å². The molecule has 0 amide bonds. The van der Waals surface area contributed by atoms with E-state index in [9.17, 15) is 0 Å². The van der Waals surface area contributed by atoms with Gasteiger partial charge in [-0.2, -0.15) is 0 Å². The van der Waals surface area contributed by atoms with Crippen LogP contribution in [0.3, 0.4) is 0 Å². The minimum atomic E-state index is 0.534. The monoisotopic (exact) mass is 365 g/mol. The number of halogens is 2. The van der Waals surface area contributed by atoms with Gasteiger partial charge in [-0.25, -0.2) is 9.97 Å². The Labute approximate surface area is 116 Å². The van der Waals surface area contributed by atoms with Crippen LogP contribution in [0.25, 0.3) is 10.7 Å². The first-order chi connectivity index (χ1) is 7.61. The number of hydrogen-bond donors (Lipinski definition) is 1. The smallest absolute Gasteiger partial charge is 0.171 e. The van der Waals surface area contributed by atoms with Crippen LogP contribution in [0.2, 0.25) is 5.02 Å². The Bertz CT molecular complexity index is 527. The summed E-state index contributed by atoms with van der Waals surface area (Å²) in [5.74, 6) is 1.19. The maximum Gasteiger partial charge on any atom is 0.171 e. The number of hydrogen-bond acceptors (Lipinski definition) is 4. The van der Waals surface area contributed by atoms with Gasteiger partial charge in [0, 0.05) is 5.38 Å². The standard InChI is InChI=1S/C10H9ClIN3S/c1-2-6-8(12)9(13)15-10(14-6)7-3-5(11)4-16-7/h3-4H,2H2,1H3,(H2,13,14,15). The molecule has 3 nitrogen and oxygen atoms in total. The Balaban J connectivity index is 2.54. The summed E-state index contributed by atoms with van der Waals surface area (Å²) in [6, 6.07) is 1.85. The molecule has 2 heterocycles. The number of thiophene rings is 1. The van der Waals surface area contributed by atoms with Crippen LogP contribution >= 0.6 is 45.5 Å². The molecule has 0 atom stereocenters. The summed E-state index contributed by atoms with van der Waals surface area (Å²) in [5, 5.41) is 2.57. The quantitative estimate of drug-likeness (QED) is 0.827. The molecule has 2 aromatic rings. The molecular weight excluding hydrogens is 357 g/mol. The van der Waals surface area contributed by atoms with Crippen molar-refractivity contribution in [2.24, 2.45) is 0 Å². The summed E-state index contributed by atoms with van der Waals surface area (Å²) in [6.07, 6.45) is 0.844. The molecule has 0 saturated carbocycles. The lowest BCUT2D eigenvalue weighted by atomic mass is 10.3. The van der Waals surface area contributed by atoms with Crippen molar-refractivity contribution in [3.63, 3.8) is 0 Å². The van der Waals surface area contributed by atoms with Crippen LogP contribution in [0.5, 0.6) is 0 Å². The van der Waals surface area contributed by atoms with E-state index in [4.69, 9.17) is 17.3 Å². The normalized spacial score (nSPS) is 10.7. The molecule has 6 heteroatoms. The van der Waals surface area contributed by atoms with Crippen LogP contribution in [0.15, 0.2) is 11.4 Å². The van der Waals surface area contributed by atoms with E-state index in [0.29, 0.717) is 16.7 Å².